The first kappa shape index (κ1) is 31.2. The van der Waals surface area contributed by atoms with E-state index in [9.17, 15) is 32.3 Å². The molecule has 2 aliphatic heterocycles. The molecule has 0 radical (unpaired) electrons. The molecule has 1 saturated heterocycles. The Hall–Kier alpha value is -4.07. The quantitative estimate of drug-likeness (QED) is 0.213. The molecule has 1 aromatic heterocycles. The number of aromatic nitrogens is 1. The van der Waals surface area contributed by atoms with Crippen LogP contribution in [0.1, 0.15) is 28.3 Å². The Morgan fingerprint density at radius 1 is 0.979 bits per heavy atom. The van der Waals surface area contributed by atoms with Gasteiger partial charge in [-0.1, -0.05) is 47.2 Å². The number of amides is 3. The molecule has 8 nitrogen and oxygen atoms in total. The molecular weight excluding hydrogens is 687 g/mol. The SMILES string of the molecule is O=C(COc1ccccc1[C@H]1c2sc(=O)[nH]c2SC2C1[C@H]1C[C@@H]2C2C(=O)N(c3cccc(C(F)(F)F)c3)C(=O)C21)Nc1ccc(Cl)cc1. The van der Waals surface area contributed by atoms with Gasteiger partial charge in [-0.25, -0.2) is 0 Å². The molecule has 246 valence electrons. The van der Waals surface area contributed by atoms with Crippen molar-refractivity contribution >= 4 is 63.8 Å². The molecule has 8 rings (SSSR count). The van der Waals surface area contributed by atoms with Gasteiger partial charge in [-0.2, -0.15) is 13.2 Å². The molecule has 4 aliphatic rings. The number of carbonyl (C=O) groups is 3. The Labute approximate surface area is 284 Å². The van der Waals surface area contributed by atoms with Gasteiger partial charge in [-0.05, 0) is 72.7 Å². The fourth-order valence-electron chi connectivity index (χ4n) is 8.18. The predicted octanol–water partition coefficient (Wildman–Crippen LogP) is 6.80. The van der Waals surface area contributed by atoms with Gasteiger partial charge >= 0.3 is 11.0 Å². The van der Waals surface area contributed by atoms with Crippen molar-refractivity contribution in [3.8, 4) is 5.75 Å². The van der Waals surface area contributed by atoms with E-state index in [1.807, 2.05) is 12.1 Å². The van der Waals surface area contributed by atoms with Crippen molar-refractivity contribution in [2.45, 2.75) is 28.8 Å². The molecule has 3 fully saturated rings. The standard InChI is InChI=1S/C34H25ClF3N3O5S2/c35-16-8-10-17(11-9-16)39-23(42)14-46-22-7-2-1-6-19(22)24-25-20-13-21(28(25)47-30-29(24)48-33(45)40-30)27-26(20)31(43)41(32(27)44)18-5-3-4-15(12-18)34(36,37)38/h1-12,20-21,24-28H,13-14H2,(H,39,42)(H,40,45)/t20-,21-,24-,25?,26?,27?,28?/m1/s1. The molecule has 2 bridgehead atoms. The number of hydrogen-bond donors (Lipinski definition) is 2. The highest BCUT2D eigenvalue weighted by Gasteiger charge is 2.70. The van der Waals surface area contributed by atoms with Gasteiger partial charge in [-0.3, -0.25) is 24.1 Å². The number of nitrogens with zero attached hydrogens (tertiary/aromatic N) is 1. The van der Waals surface area contributed by atoms with Crippen molar-refractivity contribution in [1.82, 2.24) is 4.98 Å². The van der Waals surface area contributed by atoms with Crippen molar-refractivity contribution in [3.63, 3.8) is 0 Å². The van der Waals surface area contributed by atoms with Crippen LogP contribution in [-0.2, 0) is 20.6 Å². The minimum absolute atomic E-state index is 0.0835. The number of rotatable bonds is 6. The van der Waals surface area contributed by atoms with Crippen molar-refractivity contribution in [2.24, 2.45) is 29.6 Å². The van der Waals surface area contributed by atoms with E-state index in [0.29, 0.717) is 27.9 Å². The van der Waals surface area contributed by atoms with Gasteiger partial charge < -0.3 is 15.0 Å². The maximum atomic E-state index is 14.0. The Morgan fingerprint density at radius 3 is 2.46 bits per heavy atom. The second-order valence-electron chi connectivity index (χ2n) is 12.4. The van der Waals surface area contributed by atoms with Crippen LogP contribution in [0.4, 0.5) is 24.5 Å². The normalized spacial score (nSPS) is 27.1. The lowest BCUT2D eigenvalue weighted by molar-refractivity contribution is -0.137. The van der Waals surface area contributed by atoms with E-state index in [-0.39, 0.29) is 52.0 Å². The molecule has 4 unspecified atom stereocenters. The number of ether oxygens (including phenoxy) is 1. The summed E-state index contributed by atoms with van der Waals surface area (Å²) in [6.07, 6.45) is -4.02. The monoisotopic (exact) mass is 711 g/mol. The number of benzene rings is 3. The average Bonchev–Trinajstić information content (AvgIpc) is 3.79. The molecule has 2 saturated carbocycles. The lowest BCUT2D eigenvalue weighted by Crippen LogP contribution is -2.42. The number of nitrogens with one attached hydrogen (secondary N) is 2. The van der Waals surface area contributed by atoms with E-state index < -0.39 is 35.4 Å². The zero-order valence-electron chi connectivity index (χ0n) is 24.7. The highest BCUT2D eigenvalue weighted by atomic mass is 35.5. The van der Waals surface area contributed by atoms with Gasteiger partial charge in [0.1, 0.15) is 5.75 Å². The molecule has 2 aliphatic carbocycles. The fraction of sp³-hybridized carbons (Fsp3) is 0.294. The zero-order valence-corrected chi connectivity index (χ0v) is 27.1. The summed E-state index contributed by atoms with van der Waals surface area (Å²) < 4.78 is 46.7. The second kappa shape index (κ2) is 11.5. The minimum Gasteiger partial charge on any atom is -0.483 e. The highest BCUT2D eigenvalue weighted by Crippen LogP contribution is 2.69. The number of anilines is 2. The molecule has 2 N–H and O–H groups in total. The minimum atomic E-state index is -4.63. The van der Waals surface area contributed by atoms with Crippen molar-refractivity contribution in [2.75, 3.05) is 16.8 Å². The third-order valence-corrected chi connectivity index (χ3v) is 12.7. The summed E-state index contributed by atoms with van der Waals surface area (Å²) in [4.78, 5) is 57.8. The second-order valence-corrected chi connectivity index (χ2v) is 15.0. The lowest BCUT2D eigenvalue weighted by atomic mass is 9.68. The molecule has 14 heteroatoms. The number of alkyl halides is 3. The summed E-state index contributed by atoms with van der Waals surface area (Å²) in [7, 11) is 0. The topological polar surface area (TPSA) is 109 Å². The van der Waals surface area contributed by atoms with Crippen LogP contribution in [0.15, 0.2) is 82.6 Å². The van der Waals surface area contributed by atoms with E-state index in [2.05, 4.69) is 10.3 Å². The summed E-state index contributed by atoms with van der Waals surface area (Å²) in [5, 5.41) is 3.86. The maximum Gasteiger partial charge on any atom is 0.416 e. The Morgan fingerprint density at radius 2 is 1.71 bits per heavy atom. The van der Waals surface area contributed by atoms with Crippen LogP contribution in [0.2, 0.25) is 5.02 Å². The summed E-state index contributed by atoms with van der Waals surface area (Å²) >= 11 is 8.53. The molecule has 48 heavy (non-hydrogen) atoms. The molecular formula is C34H25ClF3N3O5S2. The van der Waals surface area contributed by atoms with Gasteiger partial charge in [0.05, 0.1) is 28.1 Å². The van der Waals surface area contributed by atoms with Crippen LogP contribution < -0.4 is 19.8 Å². The number of fused-ring (bicyclic) bond motifs is 9. The summed E-state index contributed by atoms with van der Waals surface area (Å²) in [5.74, 6) is -3.31. The number of imide groups is 1. The third kappa shape index (κ3) is 5.05. The van der Waals surface area contributed by atoms with Gasteiger partial charge in [0.25, 0.3) is 5.91 Å². The number of thiazole rings is 1. The Balaban J connectivity index is 1.12. The van der Waals surface area contributed by atoms with Crippen LogP contribution in [0, 0.1) is 29.6 Å². The maximum absolute atomic E-state index is 14.0. The highest BCUT2D eigenvalue weighted by molar-refractivity contribution is 8.00. The first-order valence-electron chi connectivity index (χ1n) is 15.2. The van der Waals surface area contributed by atoms with Crippen LogP contribution >= 0.6 is 34.7 Å². The lowest BCUT2D eigenvalue weighted by Gasteiger charge is -2.43. The number of para-hydroxylation sites is 1. The van der Waals surface area contributed by atoms with Crippen molar-refractivity contribution < 1.29 is 32.3 Å². The molecule has 3 amide bonds. The number of H-pyrrole nitrogens is 1. The molecule has 3 aromatic carbocycles. The van der Waals surface area contributed by atoms with E-state index in [0.717, 1.165) is 38.8 Å². The van der Waals surface area contributed by atoms with Gasteiger partial charge in [0, 0.05) is 32.3 Å². The van der Waals surface area contributed by atoms with Crippen LogP contribution in [-0.4, -0.2) is 34.6 Å². The molecule has 3 heterocycles. The number of hydrogen-bond acceptors (Lipinski definition) is 7. The van der Waals surface area contributed by atoms with E-state index in [1.165, 1.54) is 23.9 Å². The fourth-order valence-corrected chi connectivity index (χ4v) is 11.2. The average molecular weight is 712 g/mol. The summed E-state index contributed by atoms with van der Waals surface area (Å²) in [6, 6.07) is 18.3. The number of carbonyl (C=O) groups excluding carboxylic acids is 3. The zero-order chi connectivity index (χ0) is 33.5. The molecule has 7 atom stereocenters. The van der Waals surface area contributed by atoms with Crippen LogP contribution in [0.3, 0.4) is 0 Å². The number of thioether (sulfide) groups is 1. The van der Waals surface area contributed by atoms with Crippen LogP contribution in [0.25, 0.3) is 0 Å². The largest absolute Gasteiger partial charge is 0.483 e. The molecule has 0 spiro atoms. The smallest absolute Gasteiger partial charge is 0.416 e. The summed E-state index contributed by atoms with van der Waals surface area (Å²) in [5.41, 5.74) is 0.289. The third-order valence-electron chi connectivity index (χ3n) is 9.90. The predicted molar refractivity (Wildman–Crippen MR) is 174 cm³/mol. The van der Waals surface area contributed by atoms with Gasteiger partial charge in [-0.15, -0.1) is 11.8 Å². The summed E-state index contributed by atoms with van der Waals surface area (Å²) in [6.45, 7) is -0.291. The first-order valence-corrected chi connectivity index (χ1v) is 17.3. The first-order chi connectivity index (χ1) is 23.0. The number of aromatic amines is 1. The van der Waals surface area contributed by atoms with Crippen LogP contribution in [0.5, 0.6) is 5.75 Å². The Bertz CT molecular complexity index is 2030. The van der Waals surface area contributed by atoms with Crippen molar-refractivity contribution in [1.29, 1.82) is 0 Å². The Kier molecular flexibility index (Phi) is 7.49. The van der Waals surface area contributed by atoms with Gasteiger partial charge in [0.2, 0.25) is 11.8 Å². The van der Waals surface area contributed by atoms with E-state index >= 15 is 0 Å². The number of halogens is 4. The van der Waals surface area contributed by atoms with Crippen molar-refractivity contribution in [3.05, 3.63) is 103 Å². The molecule has 4 aromatic rings. The van der Waals surface area contributed by atoms with Gasteiger partial charge in [0.15, 0.2) is 6.61 Å². The van der Waals surface area contributed by atoms with E-state index in [4.69, 9.17) is 16.3 Å². The van der Waals surface area contributed by atoms with E-state index in [1.54, 1.807) is 36.4 Å².